The number of rotatable bonds is 2. The van der Waals surface area contributed by atoms with Gasteiger partial charge in [-0.05, 0) is 19.4 Å². The maximum Gasteiger partial charge on any atom is 0.260 e. The summed E-state index contributed by atoms with van der Waals surface area (Å²) in [5, 5.41) is 0. The van der Waals surface area contributed by atoms with Crippen LogP contribution >= 0.6 is 0 Å². The lowest BCUT2D eigenvalue weighted by Gasteiger charge is -2.40. The van der Waals surface area contributed by atoms with Gasteiger partial charge in [-0.15, -0.1) is 0 Å². The predicted octanol–water partition coefficient (Wildman–Crippen LogP) is 2.29. The average molecular weight is 312 g/mol. The van der Waals surface area contributed by atoms with E-state index in [0.717, 1.165) is 11.3 Å². The quantitative estimate of drug-likeness (QED) is 0.925. The van der Waals surface area contributed by atoms with E-state index in [-0.39, 0.29) is 29.0 Å². The zero-order valence-corrected chi connectivity index (χ0v) is 13.3. The molecule has 1 aromatic carbocycles. The summed E-state index contributed by atoms with van der Waals surface area (Å²) in [6.07, 6.45) is 1.50. The summed E-state index contributed by atoms with van der Waals surface area (Å²) < 4.78 is 5.63. The van der Waals surface area contributed by atoms with Crippen LogP contribution in [0.1, 0.15) is 34.6 Å². The topological polar surface area (TPSA) is 62.4 Å². The Labute approximate surface area is 134 Å². The lowest BCUT2D eigenvalue weighted by Crippen LogP contribution is -2.50. The molecule has 5 nitrogen and oxygen atoms in total. The number of H-pyrrole nitrogens is 1. The van der Waals surface area contributed by atoms with Crippen LogP contribution in [0.4, 0.5) is 0 Å². The summed E-state index contributed by atoms with van der Waals surface area (Å²) >= 11 is 0. The van der Waals surface area contributed by atoms with E-state index >= 15 is 0 Å². The highest BCUT2D eigenvalue weighted by Crippen LogP contribution is 2.28. The van der Waals surface area contributed by atoms with Crippen LogP contribution in [-0.2, 0) is 4.74 Å². The first kappa shape index (κ1) is 15.5. The summed E-state index contributed by atoms with van der Waals surface area (Å²) in [6, 6.07) is 10.9. The Balaban J connectivity index is 1.99. The average Bonchev–Trinajstić information content (AvgIpc) is 2.55. The van der Waals surface area contributed by atoms with Crippen LogP contribution in [0.3, 0.4) is 0 Å². The fourth-order valence-electron chi connectivity index (χ4n) is 2.97. The number of hydrogen-bond acceptors (Lipinski definition) is 3. The lowest BCUT2D eigenvalue weighted by atomic mass is 10.0. The Morgan fingerprint density at radius 2 is 2.00 bits per heavy atom. The number of morpholine rings is 1. The molecule has 1 aromatic heterocycles. The van der Waals surface area contributed by atoms with Gasteiger partial charge in [0, 0.05) is 18.0 Å². The van der Waals surface area contributed by atoms with Gasteiger partial charge in [0.1, 0.15) is 5.56 Å². The fourth-order valence-corrected chi connectivity index (χ4v) is 2.97. The Morgan fingerprint density at radius 1 is 1.26 bits per heavy atom. The molecule has 1 aliphatic heterocycles. The monoisotopic (exact) mass is 312 g/mol. The number of aromatic amines is 1. The molecule has 0 radical (unpaired) electrons. The number of pyridine rings is 1. The highest BCUT2D eigenvalue weighted by molar-refractivity contribution is 5.94. The molecule has 1 N–H and O–H groups in total. The minimum absolute atomic E-state index is 0.0952. The molecular weight excluding hydrogens is 292 g/mol. The van der Waals surface area contributed by atoms with Crippen LogP contribution in [0.15, 0.2) is 47.4 Å². The minimum Gasteiger partial charge on any atom is -0.377 e. The van der Waals surface area contributed by atoms with Crippen molar-refractivity contribution in [3.63, 3.8) is 0 Å². The zero-order chi connectivity index (χ0) is 16.4. The van der Waals surface area contributed by atoms with E-state index in [9.17, 15) is 9.59 Å². The predicted molar refractivity (Wildman–Crippen MR) is 87.4 cm³/mol. The van der Waals surface area contributed by atoms with E-state index in [4.69, 9.17) is 4.74 Å². The second-order valence-corrected chi connectivity index (χ2v) is 5.92. The van der Waals surface area contributed by atoms with Crippen molar-refractivity contribution in [2.45, 2.75) is 25.9 Å². The summed E-state index contributed by atoms with van der Waals surface area (Å²) in [4.78, 5) is 29.9. The third kappa shape index (κ3) is 3.05. The Bertz CT molecular complexity index is 754. The maximum absolute atomic E-state index is 13.0. The van der Waals surface area contributed by atoms with Crippen LogP contribution in [0, 0.1) is 6.92 Å². The number of amides is 1. The van der Waals surface area contributed by atoms with E-state index in [0.29, 0.717) is 13.2 Å². The van der Waals surface area contributed by atoms with Crippen molar-refractivity contribution in [1.29, 1.82) is 0 Å². The number of aromatic nitrogens is 1. The van der Waals surface area contributed by atoms with Gasteiger partial charge >= 0.3 is 0 Å². The highest BCUT2D eigenvalue weighted by atomic mass is 16.5. The normalized spacial score (nSPS) is 21.2. The van der Waals surface area contributed by atoms with Gasteiger partial charge in [0.15, 0.2) is 5.43 Å². The van der Waals surface area contributed by atoms with Crippen LogP contribution in [-0.4, -0.2) is 35.0 Å². The van der Waals surface area contributed by atoms with Crippen molar-refractivity contribution in [3.05, 3.63) is 69.6 Å². The number of benzene rings is 1. The van der Waals surface area contributed by atoms with Gasteiger partial charge < -0.3 is 14.6 Å². The Kier molecular flexibility index (Phi) is 4.30. The first-order valence-corrected chi connectivity index (χ1v) is 7.72. The van der Waals surface area contributed by atoms with E-state index < -0.39 is 0 Å². The number of nitrogens with zero attached hydrogens (tertiary/aromatic N) is 1. The second-order valence-electron chi connectivity index (χ2n) is 5.92. The molecule has 2 heterocycles. The third-order valence-electron chi connectivity index (χ3n) is 4.15. The number of hydrogen-bond donors (Lipinski definition) is 1. The number of carbonyl (C=O) groups is 1. The molecule has 0 aliphatic carbocycles. The molecule has 0 bridgehead atoms. The minimum atomic E-state index is -0.254. The molecule has 23 heavy (non-hydrogen) atoms. The standard InChI is InChI=1S/C18H20N2O3/c1-12-8-17(21)15(9-19-12)18(22)20-13(2)10-23-11-16(20)14-6-4-3-5-7-14/h3-9,13,16H,10-11H2,1-2H3,(H,19,21)/t13-,16-/m1/s1. The highest BCUT2D eigenvalue weighted by Gasteiger charge is 2.34. The van der Waals surface area contributed by atoms with Crippen LogP contribution in [0.5, 0.6) is 0 Å². The van der Waals surface area contributed by atoms with Gasteiger partial charge in [0.05, 0.1) is 25.3 Å². The smallest absolute Gasteiger partial charge is 0.260 e. The van der Waals surface area contributed by atoms with E-state index in [2.05, 4.69) is 4.98 Å². The molecule has 1 aliphatic rings. The van der Waals surface area contributed by atoms with Crippen LogP contribution in [0.2, 0.25) is 0 Å². The molecule has 0 unspecified atom stereocenters. The van der Waals surface area contributed by atoms with Crippen molar-refractivity contribution in [3.8, 4) is 0 Å². The zero-order valence-electron chi connectivity index (χ0n) is 13.3. The molecule has 1 saturated heterocycles. The summed E-state index contributed by atoms with van der Waals surface area (Å²) in [5.41, 5.74) is 1.67. The number of nitrogens with one attached hydrogen (secondary N) is 1. The van der Waals surface area contributed by atoms with Crippen LogP contribution < -0.4 is 5.43 Å². The van der Waals surface area contributed by atoms with Crippen molar-refractivity contribution >= 4 is 5.91 Å². The molecule has 5 heteroatoms. The Morgan fingerprint density at radius 3 is 2.70 bits per heavy atom. The molecule has 2 atom stereocenters. The molecule has 1 amide bonds. The van der Waals surface area contributed by atoms with Crippen molar-refractivity contribution in [2.24, 2.45) is 0 Å². The lowest BCUT2D eigenvalue weighted by molar-refractivity contribution is -0.0316. The van der Waals surface area contributed by atoms with E-state index in [1.54, 1.807) is 11.8 Å². The molecule has 3 rings (SSSR count). The van der Waals surface area contributed by atoms with Gasteiger partial charge in [0.2, 0.25) is 0 Å². The number of aryl methyl sites for hydroxylation is 1. The maximum atomic E-state index is 13.0. The van der Waals surface area contributed by atoms with Gasteiger partial charge in [0.25, 0.3) is 5.91 Å². The molecular formula is C18H20N2O3. The first-order valence-electron chi connectivity index (χ1n) is 7.72. The molecule has 1 fully saturated rings. The van der Waals surface area contributed by atoms with E-state index in [1.165, 1.54) is 12.3 Å². The second kappa shape index (κ2) is 6.38. The summed E-state index contributed by atoms with van der Waals surface area (Å²) in [6.45, 7) is 4.64. The summed E-state index contributed by atoms with van der Waals surface area (Å²) in [7, 11) is 0. The SMILES string of the molecule is Cc1cc(=O)c(C(=O)N2[C@H](C)COC[C@@H]2c2ccccc2)c[nH]1. The van der Waals surface area contributed by atoms with Crippen molar-refractivity contribution in [2.75, 3.05) is 13.2 Å². The molecule has 0 spiro atoms. The van der Waals surface area contributed by atoms with E-state index in [1.807, 2.05) is 37.3 Å². The molecule has 2 aromatic rings. The number of carbonyl (C=O) groups excluding carboxylic acids is 1. The van der Waals surface area contributed by atoms with Crippen molar-refractivity contribution < 1.29 is 9.53 Å². The van der Waals surface area contributed by atoms with Crippen LogP contribution in [0.25, 0.3) is 0 Å². The fraction of sp³-hybridized carbons (Fsp3) is 0.333. The molecule has 120 valence electrons. The van der Waals surface area contributed by atoms with Gasteiger partial charge in [-0.2, -0.15) is 0 Å². The van der Waals surface area contributed by atoms with Gasteiger partial charge in [-0.25, -0.2) is 0 Å². The largest absolute Gasteiger partial charge is 0.377 e. The third-order valence-corrected chi connectivity index (χ3v) is 4.15. The number of ether oxygens (including phenoxy) is 1. The first-order chi connectivity index (χ1) is 11.1. The van der Waals surface area contributed by atoms with Gasteiger partial charge in [-0.1, -0.05) is 30.3 Å². The summed E-state index contributed by atoms with van der Waals surface area (Å²) in [5.74, 6) is -0.254. The van der Waals surface area contributed by atoms with Gasteiger partial charge in [-0.3, -0.25) is 9.59 Å². The Hall–Kier alpha value is -2.40. The van der Waals surface area contributed by atoms with Crippen molar-refractivity contribution in [1.82, 2.24) is 9.88 Å². The molecule has 0 saturated carbocycles.